The average Bonchev–Trinajstić information content (AvgIpc) is 2.64. The van der Waals surface area contributed by atoms with Crippen LogP contribution in [-0.4, -0.2) is 65.7 Å². The molecule has 3 rings (SSSR count). The fourth-order valence-corrected chi connectivity index (χ4v) is 3.84. The molecule has 0 aliphatic carbocycles. The molecule has 0 unspecified atom stereocenters. The zero-order valence-corrected chi connectivity index (χ0v) is 14.6. The summed E-state index contributed by atoms with van der Waals surface area (Å²) >= 11 is 0. The Morgan fingerprint density at radius 1 is 1.12 bits per heavy atom. The molecule has 3 heterocycles. The van der Waals surface area contributed by atoms with Gasteiger partial charge in [-0.2, -0.15) is 0 Å². The van der Waals surface area contributed by atoms with Crippen LogP contribution in [-0.2, 0) is 11.8 Å². The van der Waals surface area contributed by atoms with E-state index in [1.807, 2.05) is 4.90 Å². The molecular formula is C18H27N3O3. The van der Waals surface area contributed by atoms with Crippen LogP contribution in [0, 0.1) is 0 Å². The Bertz CT molecular complexity index is 627. The first kappa shape index (κ1) is 17.2. The molecule has 2 aliphatic rings. The molecule has 2 aliphatic heterocycles. The van der Waals surface area contributed by atoms with Gasteiger partial charge in [-0.3, -0.25) is 9.59 Å². The molecule has 0 spiro atoms. The molecule has 0 atom stereocenters. The van der Waals surface area contributed by atoms with Gasteiger partial charge in [-0.1, -0.05) is 0 Å². The highest BCUT2D eigenvalue weighted by Gasteiger charge is 2.30. The van der Waals surface area contributed by atoms with E-state index >= 15 is 0 Å². The monoisotopic (exact) mass is 333 g/mol. The minimum atomic E-state index is -0.216. The van der Waals surface area contributed by atoms with Gasteiger partial charge >= 0.3 is 0 Å². The van der Waals surface area contributed by atoms with Crippen molar-refractivity contribution in [3.05, 3.63) is 34.2 Å². The molecule has 0 saturated carbocycles. The van der Waals surface area contributed by atoms with Crippen LogP contribution in [0.2, 0.25) is 0 Å². The third-order valence-corrected chi connectivity index (χ3v) is 5.43. The van der Waals surface area contributed by atoms with E-state index in [-0.39, 0.29) is 17.0 Å². The normalized spacial score (nSPS) is 21.2. The molecule has 0 bridgehead atoms. The van der Waals surface area contributed by atoms with Crippen molar-refractivity contribution in [1.29, 1.82) is 0 Å². The van der Waals surface area contributed by atoms with Gasteiger partial charge in [0.2, 0.25) is 0 Å². The molecular weight excluding hydrogens is 306 g/mol. The molecule has 1 aromatic heterocycles. The SMILES string of the molecule is COC1CCN(C2CCN(C(=O)c3cccn(C)c3=O)CC2)CC1. The summed E-state index contributed by atoms with van der Waals surface area (Å²) in [5.74, 6) is -0.132. The fraction of sp³-hybridized carbons (Fsp3) is 0.667. The van der Waals surface area contributed by atoms with E-state index in [1.165, 1.54) is 4.57 Å². The van der Waals surface area contributed by atoms with Crippen LogP contribution >= 0.6 is 0 Å². The lowest BCUT2D eigenvalue weighted by Gasteiger charge is -2.41. The minimum Gasteiger partial charge on any atom is -0.381 e. The van der Waals surface area contributed by atoms with E-state index in [9.17, 15) is 9.59 Å². The topological polar surface area (TPSA) is 54.8 Å². The molecule has 2 fully saturated rings. The maximum Gasteiger partial charge on any atom is 0.263 e. The van der Waals surface area contributed by atoms with Crippen molar-refractivity contribution >= 4 is 5.91 Å². The molecule has 0 aromatic carbocycles. The number of nitrogens with zero attached hydrogens (tertiary/aromatic N) is 3. The zero-order valence-electron chi connectivity index (χ0n) is 14.6. The van der Waals surface area contributed by atoms with Gasteiger partial charge in [-0.05, 0) is 37.8 Å². The van der Waals surface area contributed by atoms with Crippen molar-refractivity contribution in [2.75, 3.05) is 33.3 Å². The number of rotatable bonds is 3. The lowest BCUT2D eigenvalue weighted by atomic mass is 9.98. The maximum absolute atomic E-state index is 12.6. The van der Waals surface area contributed by atoms with Crippen LogP contribution in [0.5, 0.6) is 0 Å². The number of amides is 1. The number of aryl methyl sites for hydroxylation is 1. The predicted molar refractivity (Wildman–Crippen MR) is 92.2 cm³/mol. The second-order valence-corrected chi connectivity index (χ2v) is 6.83. The average molecular weight is 333 g/mol. The van der Waals surface area contributed by atoms with Gasteiger partial charge < -0.3 is 19.1 Å². The number of likely N-dealkylation sites (tertiary alicyclic amines) is 2. The largest absolute Gasteiger partial charge is 0.381 e. The minimum absolute atomic E-state index is 0.132. The lowest BCUT2D eigenvalue weighted by Crippen LogP contribution is -2.50. The lowest BCUT2D eigenvalue weighted by molar-refractivity contribution is 0.0145. The molecule has 24 heavy (non-hydrogen) atoms. The predicted octanol–water partition coefficient (Wildman–Crippen LogP) is 1.10. The number of aromatic nitrogens is 1. The number of methoxy groups -OCH3 is 1. The smallest absolute Gasteiger partial charge is 0.263 e. The standard InChI is InChI=1S/C18H27N3O3/c1-19-9-3-4-16(17(19)22)18(23)21-10-5-14(6-11-21)20-12-7-15(24-2)8-13-20/h3-4,9,14-15H,5-8,10-13H2,1-2H3. The highest BCUT2D eigenvalue weighted by Crippen LogP contribution is 2.22. The van der Waals surface area contributed by atoms with E-state index < -0.39 is 0 Å². The number of ether oxygens (including phenoxy) is 1. The molecule has 1 amide bonds. The van der Waals surface area contributed by atoms with Gasteiger partial charge in [-0.15, -0.1) is 0 Å². The molecule has 6 nitrogen and oxygen atoms in total. The Hall–Kier alpha value is -1.66. The second kappa shape index (κ2) is 7.49. The van der Waals surface area contributed by atoms with Crippen LogP contribution in [0.3, 0.4) is 0 Å². The third kappa shape index (κ3) is 3.54. The number of pyridine rings is 1. The number of hydrogen-bond donors (Lipinski definition) is 0. The number of carbonyl (C=O) groups excluding carboxylic acids is 1. The summed E-state index contributed by atoms with van der Waals surface area (Å²) in [6.45, 7) is 3.62. The Kier molecular flexibility index (Phi) is 5.36. The van der Waals surface area contributed by atoms with Crippen LogP contribution in [0.4, 0.5) is 0 Å². The summed E-state index contributed by atoms with van der Waals surface area (Å²) in [4.78, 5) is 29.1. The molecule has 132 valence electrons. The van der Waals surface area contributed by atoms with Crippen molar-refractivity contribution in [3.63, 3.8) is 0 Å². The quantitative estimate of drug-likeness (QED) is 0.831. The van der Waals surface area contributed by atoms with Gasteiger partial charge in [0, 0.05) is 52.6 Å². The molecule has 0 N–H and O–H groups in total. The van der Waals surface area contributed by atoms with Crippen molar-refractivity contribution in [2.45, 2.75) is 37.8 Å². The first-order valence-corrected chi connectivity index (χ1v) is 8.82. The van der Waals surface area contributed by atoms with Gasteiger partial charge in [0.15, 0.2) is 0 Å². The Labute approximate surface area is 143 Å². The number of carbonyl (C=O) groups is 1. The summed E-state index contributed by atoms with van der Waals surface area (Å²) in [5.41, 5.74) is 0.0608. The van der Waals surface area contributed by atoms with E-state index in [0.29, 0.717) is 12.1 Å². The second-order valence-electron chi connectivity index (χ2n) is 6.83. The van der Waals surface area contributed by atoms with E-state index in [2.05, 4.69) is 4.90 Å². The van der Waals surface area contributed by atoms with Crippen molar-refractivity contribution in [3.8, 4) is 0 Å². The van der Waals surface area contributed by atoms with Gasteiger partial charge in [0.25, 0.3) is 11.5 Å². The van der Waals surface area contributed by atoms with Crippen LogP contribution in [0.15, 0.2) is 23.1 Å². The van der Waals surface area contributed by atoms with Crippen LogP contribution < -0.4 is 5.56 Å². The Morgan fingerprint density at radius 3 is 2.42 bits per heavy atom. The third-order valence-electron chi connectivity index (χ3n) is 5.43. The first-order valence-electron chi connectivity index (χ1n) is 8.82. The summed E-state index contributed by atoms with van der Waals surface area (Å²) < 4.78 is 6.89. The molecule has 1 aromatic rings. The summed E-state index contributed by atoms with van der Waals surface area (Å²) in [6.07, 6.45) is 6.23. The Balaban J connectivity index is 1.56. The maximum atomic E-state index is 12.6. The zero-order chi connectivity index (χ0) is 17.1. The van der Waals surface area contributed by atoms with Gasteiger partial charge in [0.1, 0.15) is 5.56 Å². The van der Waals surface area contributed by atoms with Crippen molar-refractivity contribution < 1.29 is 9.53 Å². The van der Waals surface area contributed by atoms with Crippen LogP contribution in [0.1, 0.15) is 36.0 Å². The van der Waals surface area contributed by atoms with Crippen LogP contribution in [0.25, 0.3) is 0 Å². The van der Waals surface area contributed by atoms with E-state index in [0.717, 1.165) is 51.9 Å². The van der Waals surface area contributed by atoms with E-state index in [4.69, 9.17) is 4.74 Å². The van der Waals surface area contributed by atoms with Crippen molar-refractivity contribution in [1.82, 2.24) is 14.4 Å². The van der Waals surface area contributed by atoms with Crippen molar-refractivity contribution in [2.24, 2.45) is 7.05 Å². The highest BCUT2D eigenvalue weighted by atomic mass is 16.5. The molecule has 6 heteroatoms. The summed E-state index contributed by atoms with van der Waals surface area (Å²) in [5, 5.41) is 0. The fourth-order valence-electron chi connectivity index (χ4n) is 3.84. The van der Waals surface area contributed by atoms with Gasteiger partial charge in [0.05, 0.1) is 6.10 Å². The molecule has 0 radical (unpaired) electrons. The first-order chi connectivity index (χ1) is 11.6. The summed E-state index contributed by atoms with van der Waals surface area (Å²) in [6, 6.07) is 3.93. The number of piperidine rings is 2. The van der Waals surface area contributed by atoms with E-state index in [1.54, 1.807) is 32.5 Å². The highest BCUT2D eigenvalue weighted by molar-refractivity contribution is 5.93. The Morgan fingerprint density at radius 2 is 1.79 bits per heavy atom. The summed E-state index contributed by atoms with van der Waals surface area (Å²) in [7, 11) is 3.47. The number of hydrogen-bond acceptors (Lipinski definition) is 4. The van der Waals surface area contributed by atoms with Gasteiger partial charge in [-0.25, -0.2) is 0 Å². The molecule has 2 saturated heterocycles.